The molecule has 0 unspecified atom stereocenters. The molecule has 1 aromatic heterocycles. The molecule has 0 atom stereocenters. The van der Waals surface area contributed by atoms with Crippen LogP contribution in [0, 0.1) is 18.8 Å². The van der Waals surface area contributed by atoms with Gasteiger partial charge in [0.15, 0.2) is 0 Å². The minimum absolute atomic E-state index is 0.0315. The lowest BCUT2D eigenvalue weighted by molar-refractivity contribution is -0.121. The van der Waals surface area contributed by atoms with E-state index in [0.29, 0.717) is 29.0 Å². The highest BCUT2D eigenvalue weighted by molar-refractivity contribution is 7.09. The first-order valence-electron chi connectivity index (χ1n) is 9.77. The molecular weight excluding hydrogens is 394 g/mol. The number of aromatic nitrogens is 1. The first-order chi connectivity index (χ1) is 13.4. The van der Waals surface area contributed by atoms with Crippen molar-refractivity contribution in [3.8, 4) is 5.75 Å². The van der Waals surface area contributed by atoms with Crippen LogP contribution in [0.5, 0.6) is 5.75 Å². The monoisotopic (exact) mass is 421 g/mol. The van der Waals surface area contributed by atoms with Crippen molar-refractivity contribution in [2.75, 3.05) is 25.0 Å². The van der Waals surface area contributed by atoms with E-state index in [1.807, 2.05) is 19.1 Å². The van der Waals surface area contributed by atoms with E-state index in [-0.39, 0.29) is 11.8 Å². The van der Waals surface area contributed by atoms with Crippen LogP contribution in [-0.4, -0.2) is 35.5 Å². The maximum atomic E-state index is 12.6. The average Bonchev–Trinajstić information content (AvgIpc) is 3.06. The van der Waals surface area contributed by atoms with Crippen molar-refractivity contribution in [3.63, 3.8) is 0 Å². The molecule has 0 saturated carbocycles. The van der Waals surface area contributed by atoms with Gasteiger partial charge < -0.3 is 10.1 Å². The third-order valence-corrected chi connectivity index (χ3v) is 5.90. The number of amides is 1. The number of rotatable bonds is 7. The zero-order chi connectivity index (χ0) is 20.1. The fraction of sp³-hybridized carbons (Fsp3) is 0.524. The molecule has 1 aromatic carbocycles. The summed E-state index contributed by atoms with van der Waals surface area (Å²) in [5, 5.41) is 6.74. The van der Waals surface area contributed by atoms with Crippen LogP contribution >= 0.6 is 22.9 Å². The summed E-state index contributed by atoms with van der Waals surface area (Å²) in [6.07, 6.45) is 1.72. The predicted molar refractivity (Wildman–Crippen MR) is 115 cm³/mol. The molecular formula is C21H28ClN3O2S. The first-order valence-corrected chi connectivity index (χ1v) is 11.0. The van der Waals surface area contributed by atoms with Crippen molar-refractivity contribution in [1.29, 1.82) is 0 Å². The molecule has 7 heteroatoms. The quantitative estimate of drug-likeness (QED) is 0.684. The molecule has 0 spiro atoms. The topological polar surface area (TPSA) is 54.5 Å². The van der Waals surface area contributed by atoms with Crippen LogP contribution in [0.2, 0.25) is 5.02 Å². The third-order valence-electron chi connectivity index (χ3n) is 4.78. The number of nitrogens with one attached hydrogen (secondary N) is 1. The van der Waals surface area contributed by atoms with Gasteiger partial charge in [0.2, 0.25) is 5.91 Å². The van der Waals surface area contributed by atoms with E-state index < -0.39 is 0 Å². The Morgan fingerprint density at radius 1 is 1.39 bits per heavy atom. The Balaban J connectivity index is 1.48. The second kappa shape index (κ2) is 9.72. The second-order valence-electron chi connectivity index (χ2n) is 7.75. The molecule has 1 N–H and O–H groups in total. The van der Waals surface area contributed by atoms with Crippen LogP contribution in [0.15, 0.2) is 23.6 Å². The summed E-state index contributed by atoms with van der Waals surface area (Å²) in [5.74, 6) is 1.18. The number of nitrogens with zero attached hydrogens (tertiary/aromatic N) is 2. The van der Waals surface area contributed by atoms with Crippen molar-refractivity contribution < 1.29 is 9.53 Å². The molecule has 152 valence electrons. The van der Waals surface area contributed by atoms with Gasteiger partial charge in [0.25, 0.3) is 0 Å². The van der Waals surface area contributed by atoms with Crippen molar-refractivity contribution in [3.05, 3.63) is 39.3 Å². The molecule has 0 radical (unpaired) electrons. The Hall–Kier alpha value is -1.63. The molecule has 1 saturated heterocycles. The maximum Gasteiger partial charge on any atom is 0.227 e. The van der Waals surface area contributed by atoms with Crippen LogP contribution in [-0.2, 0) is 11.3 Å². The number of likely N-dealkylation sites (tertiary alicyclic amines) is 1. The lowest BCUT2D eigenvalue weighted by Gasteiger charge is -2.30. The highest BCUT2D eigenvalue weighted by Crippen LogP contribution is 2.29. The van der Waals surface area contributed by atoms with E-state index in [1.165, 1.54) is 0 Å². The van der Waals surface area contributed by atoms with Gasteiger partial charge in [0, 0.05) is 23.5 Å². The Labute approximate surface area is 176 Å². The average molecular weight is 422 g/mol. The van der Waals surface area contributed by atoms with Crippen molar-refractivity contribution in [1.82, 2.24) is 9.88 Å². The van der Waals surface area contributed by atoms with Gasteiger partial charge in [-0.3, -0.25) is 9.69 Å². The molecule has 1 aliphatic heterocycles. The fourth-order valence-corrected chi connectivity index (χ4v) is 4.10. The van der Waals surface area contributed by atoms with Gasteiger partial charge >= 0.3 is 0 Å². The van der Waals surface area contributed by atoms with E-state index in [4.69, 9.17) is 16.3 Å². The van der Waals surface area contributed by atoms with Crippen LogP contribution in [0.25, 0.3) is 0 Å². The normalized spacial score (nSPS) is 15.8. The minimum Gasteiger partial charge on any atom is -0.492 e. The lowest BCUT2D eigenvalue weighted by atomic mass is 9.95. The summed E-state index contributed by atoms with van der Waals surface area (Å²) in [6, 6.07) is 5.42. The number of carbonyl (C=O) groups is 1. The third kappa shape index (κ3) is 5.93. The number of halogens is 1. The highest BCUT2D eigenvalue weighted by atomic mass is 35.5. The Morgan fingerprint density at radius 2 is 2.14 bits per heavy atom. The predicted octanol–water partition coefficient (Wildman–Crippen LogP) is 4.99. The number of thiazole rings is 1. The Morgan fingerprint density at radius 3 is 2.75 bits per heavy atom. The second-order valence-corrected chi connectivity index (χ2v) is 9.22. The zero-order valence-corrected chi connectivity index (χ0v) is 18.3. The molecule has 2 heterocycles. The van der Waals surface area contributed by atoms with Crippen molar-refractivity contribution in [2.45, 2.75) is 40.2 Å². The number of piperidine rings is 1. The van der Waals surface area contributed by atoms with E-state index in [2.05, 4.69) is 34.4 Å². The Kier molecular flexibility index (Phi) is 7.32. The van der Waals surface area contributed by atoms with Gasteiger partial charge in [0.05, 0.1) is 22.3 Å². The molecule has 1 amide bonds. The highest BCUT2D eigenvalue weighted by Gasteiger charge is 2.25. The molecule has 1 fully saturated rings. The van der Waals surface area contributed by atoms with E-state index in [9.17, 15) is 4.79 Å². The molecule has 0 aliphatic carbocycles. The number of benzene rings is 1. The van der Waals surface area contributed by atoms with Gasteiger partial charge in [-0.1, -0.05) is 25.4 Å². The summed E-state index contributed by atoms with van der Waals surface area (Å²) in [5.41, 5.74) is 1.84. The number of hydrogen-bond donors (Lipinski definition) is 1. The molecule has 28 heavy (non-hydrogen) atoms. The summed E-state index contributed by atoms with van der Waals surface area (Å²) >= 11 is 7.98. The molecule has 1 aliphatic rings. The van der Waals surface area contributed by atoms with Gasteiger partial charge in [-0.25, -0.2) is 4.98 Å². The summed E-state index contributed by atoms with van der Waals surface area (Å²) < 4.78 is 5.68. The smallest absolute Gasteiger partial charge is 0.227 e. The largest absolute Gasteiger partial charge is 0.492 e. The van der Waals surface area contributed by atoms with E-state index in [0.717, 1.165) is 43.2 Å². The SMILES string of the molecule is Cc1nc(CN2CCC(C(=O)Nc3ccc(OCC(C)C)c(Cl)c3)CC2)cs1. The number of carbonyl (C=O) groups excluding carboxylic acids is 1. The fourth-order valence-electron chi connectivity index (χ4n) is 3.26. The maximum absolute atomic E-state index is 12.6. The van der Waals surface area contributed by atoms with E-state index in [1.54, 1.807) is 17.4 Å². The number of hydrogen-bond acceptors (Lipinski definition) is 5. The van der Waals surface area contributed by atoms with Crippen molar-refractivity contribution >= 4 is 34.5 Å². The van der Waals surface area contributed by atoms with Gasteiger partial charge in [-0.15, -0.1) is 11.3 Å². The molecule has 3 rings (SSSR count). The lowest BCUT2D eigenvalue weighted by Crippen LogP contribution is -2.37. The number of anilines is 1. The molecule has 0 bridgehead atoms. The van der Waals surface area contributed by atoms with Crippen molar-refractivity contribution in [2.24, 2.45) is 11.8 Å². The van der Waals surface area contributed by atoms with Gasteiger partial charge in [-0.05, 0) is 57.0 Å². The van der Waals surface area contributed by atoms with Gasteiger partial charge in [-0.2, -0.15) is 0 Å². The molecule has 2 aromatic rings. The van der Waals surface area contributed by atoms with Crippen LogP contribution < -0.4 is 10.1 Å². The van der Waals surface area contributed by atoms with Crippen LogP contribution in [0.4, 0.5) is 5.69 Å². The summed E-state index contributed by atoms with van der Waals surface area (Å²) in [4.78, 5) is 19.5. The summed E-state index contributed by atoms with van der Waals surface area (Å²) in [7, 11) is 0. The van der Waals surface area contributed by atoms with Crippen LogP contribution in [0.3, 0.4) is 0 Å². The minimum atomic E-state index is 0.0315. The first kappa shape index (κ1) is 21.1. The van der Waals surface area contributed by atoms with Gasteiger partial charge in [0.1, 0.15) is 5.75 Å². The molecule has 5 nitrogen and oxygen atoms in total. The van der Waals surface area contributed by atoms with Crippen LogP contribution in [0.1, 0.15) is 37.4 Å². The standard InChI is InChI=1S/C21H28ClN3O2S/c1-14(2)12-27-20-5-4-17(10-19(20)22)24-21(26)16-6-8-25(9-7-16)11-18-13-28-15(3)23-18/h4-5,10,13-14,16H,6-9,11-12H2,1-3H3,(H,24,26). The summed E-state index contributed by atoms with van der Waals surface area (Å²) in [6.45, 7) is 9.52. The zero-order valence-electron chi connectivity index (χ0n) is 16.7. The van der Waals surface area contributed by atoms with E-state index >= 15 is 0 Å². The Bertz CT molecular complexity index is 801. The number of ether oxygens (including phenoxy) is 1. The number of aryl methyl sites for hydroxylation is 1.